The van der Waals surface area contributed by atoms with Gasteiger partial charge in [0.1, 0.15) is 0 Å². The first-order chi connectivity index (χ1) is 6.80. The van der Waals surface area contributed by atoms with Crippen LogP contribution in [0.5, 0.6) is 0 Å². The van der Waals surface area contributed by atoms with Gasteiger partial charge in [-0.2, -0.15) is 4.31 Å². The average molecular weight is 233 g/mol. The van der Waals surface area contributed by atoms with E-state index >= 15 is 0 Å². The first-order valence-electron chi connectivity index (χ1n) is 5.36. The van der Waals surface area contributed by atoms with E-state index in [1.165, 1.54) is 0 Å². The van der Waals surface area contributed by atoms with E-state index in [0.29, 0.717) is 0 Å². The Morgan fingerprint density at radius 1 is 1.27 bits per heavy atom. The number of nitrogens with zero attached hydrogens (tertiary/aromatic N) is 1. The molecular weight excluding hydrogens is 214 g/mol. The van der Waals surface area contributed by atoms with E-state index in [0.717, 1.165) is 12.8 Å². The molecular formula is C10H19NO3S. The molecule has 0 spiro atoms. The van der Waals surface area contributed by atoms with E-state index < -0.39 is 14.8 Å². The van der Waals surface area contributed by atoms with Crippen LogP contribution in [0.25, 0.3) is 0 Å². The summed E-state index contributed by atoms with van der Waals surface area (Å²) >= 11 is 0. The first kappa shape index (κ1) is 11.4. The fourth-order valence-electron chi connectivity index (χ4n) is 2.40. The SMILES string of the molecule is CO[C@@H]1CC[C@H]2[C@@H]1N2S(=O)(=O)C(C)(C)C. The minimum atomic E-state index is -3.15. The van der Waals surface area contributed by atoms with Gasteiger partial charge in [-0.3, -0.25) is 0 Å². The third-order valence-corrected chi connectivity index (χ3v) is 6.02. The average Bonchev–Trinajstić information content (AvgIpc) is 2.68. The molecule has 2 fully saturated rings. The number of hydrogen-bond acceptors (Lipinski definition) is 3. The second kappa shape index (κ2) is 3.18. The van der Waals surface area contributed by atoms with Crippen LogP contribution in [0.1, 0.15) is 33.6 Å². The largest absolute Gasteiger partial charge is 0.380 e. The van der Waals surface area contributed by atoms with Crippen molar-refractivity contribution in [1.29, 1.82) is 0 Å². The first-order valence-corrected chi connectivity index (χ1v) is 6.80. The maximum atomic E-state index is 12.2. The van der Waals surface area contributed by atoms with Crippen LogP contribution >= 0.6 is 0 Å². The molecule has 15 heavy (non-hydrogen) atoms. The van der Waals surface area contributed by atoms with E-state index in [1.54, 1.807) is 32.2 Å². The highest BCUT2D eigenvalue weighted by atomic mass is 32.2. The summed E-state index contributed by atoms with van der Waals surface area (Å²) in [6.07, 6.45) is 2.03. The van der Waals surface area contributed by atoms with E-state index in [-0.39, 0.29) is 18.2 Å². The van der Waals surface area contributed by atoms with Gasteiger partial charge < -0.3 is 4.74 Å². The quantitative estimate of drug-likeness (QED) is 0.668. The Labute approximate surface area is 91.6 Å². The normalized spacial score (nSPS) is 40.3. The highest BCUT2D eigenvalue weighted by molar-refractivity contribution is 7.90. The van der Waals surface area contributed by atoms with E-state index in [2.05, 4.69) is 0 Å². The Balaban J connectivity index is 2.18. The topological polar surface area (TPSA) is 46.4 Å². The van der Waals surface area contributed by atoms with Gasteiger partial charge in [-0.25, -0.2) is 8.42 Å². The van der Waals surface area contributed by atoms with Crippen LogP contribution < -0.4 is 0 Å². The Morgan fingerprint density at radius 2 is 1.87 bits per heavy atom. The molecule has 0 bridgehead atoms. The van der Waals surface area contributed by atoms with Gasteiger partial charge in [0.25, 0.3) is 0 Å². The van der Waals surface area contributed by atoms with Crippen molar-refractivity contribution in [2.24, 2.45) is 0 Å². The summed E-state index contributed by atoms with van der Waals surface area (Å²) < 4.78 is 30.6. The number of ether oxygens (including phenoxy) is 1. The van der Waals surface area contributed by atoms with E-state index in [4.69, 9.17) is 4.74 Å². The summed E-state index contributed by atoms with van der Waals surface area (Å²) in [5, 5.41) is 0. The smallest absolute Gasteiger partial charge is 0.219 e. The van der Waals surface area contributed by atoms with Gasteiger partial charge in [0.15, 0.2) is 0 Å². The number of piperidine rings is 1. The Kier molecular flexibility index (Phi) is 2.41. The fraction of sp³-hybridized carbons (Fsp3) is 1.00. The van der Waals surface area contributed by atoms with Crippen molar-refractivity contribution in [2.75, 3.05) is 7.11 Å². The number of fused-ring (bicyclic) bond motifs is 1. The number of rotatable bonds is 2. The molecule has 0 N–H and O–H groups in total. The van der Waals surface area contributed by atoms with Gasteiger partial charge in [0.05, 0.1) is 16.9 Å². The molecule has 4 atom stereocenters. The summed E-state index contributed by atoms with van der Waals surface area (Å²) in [4.78, 5) is 0. The van der Waals surface area contributed by atoms with Crippen LogP contribution in [-0.4, -0.2) is 42.8 Å². The van der Waals surface area contributed by atoms with Crippen molar-refractivity contribution >= 4 is 10.0 Å². The number of hydrogen-bond donors (Lipinski definition) is 0. The zero-order valence-electron chi connectivity index (χ0n) is 9.73. The predicted octanol–water partition coefficient (Wildman–Crippen LogP) is 0.976. The Bertz CT molecular complexity index is 357. The second-order valence-electron chi connectivity index (χ2n) is 5.36. The molecule has 1 aliphatic carbocycles. The maximum Gasteiger partial charge on any atom is 0.219 e. The van der Waals surface area contributed by atoms with Gasteiger partial charge in [-0.1, -0.05) is 0 Å². The molecule has 5 heteroatoms. The zero-order valence-corrected chi connectivity index (χ0v) is 10.5. The minimum Gasteiger partial charge on any atom is -0.380 e. The lowest BCUT2D eigenvalue weighted by molar-refractivity contribution is 0.0961. The number of methoxy groups -OCH3 is 1. The molecule has 4 nitrogen and oxygen atoms in total. The Hall–Kier alpha value is -0.130. The van der Waals surface area contributed by atoms with Crippen LogP contribution in [0.4, 0.5) is 0 Å². The molecule has 1 aliphatic heterocycles. The van der Waals surface area contributed by atoms with Crippen LogP contribution in [0, 0.1) is 0 Å². The predicted molar refractivity (Wildman–Crippen MR) is 58.1 cm³/mol. The standard InChI is InChI=1S/C10H19NO3S/c1-10(2,3)15(12,13)11-7-5-6-8(14-4)9(7)11/h7-9H,5-6H2,1-4H3/t7-,8+,9-,11?/m0/s1. The van der Waals surface area contributed by atoms with Crippen LogP contribution in [0.2, 0.25) is 0 Å². The Morgan fingerprint density at radius 3 is 2.33 bits per heavy atom. The molecule has 0 amide bonds. The maximum absolute atomic E-state index is 12.2. The lowest BCUT2D eigenvalue weighted by Gasteiger charge is -2.23. The van der Waals surface area contributed by atoms with Crippen molar-refractivity contribution in [3.63, 3.8) is 0 Å². The second-order valence-corrected chi connectivity index (χ2v) is 7.95. The minimum absolute atomic E-state index is 0.104. The third kappa shape index (κ3) is 1.52. The lowest BCUT2D eigenvalue weighted by Crippen LogP contribution is -2.37. The zero-order chi connectivity index (χ0) is 11.4. The monoisotopic (exact) mass is 233 g/mol. The molecule has 0 aromatic carbocycles. The molecule has 1 saturated heterocycles. The molecule has 88 valence electrons. The molecule has 0 radical (unpaired) electrons. The van der Waals surface area contributed by atoms with Gasteiger partial charge in [-0.05, 0) is 33.6 Å². The molecule has 1 saturated carbocycles. The lowest BCUT2D eigenvalue weighted by atomic mass is 10.3. The summed E-state index contributed by atoms with van der Waals surface area (Å²) in [6.45, 7) is 5.24. The molecule has 1 heterocycles. The molecule has 1 unspecified atom stereocenters. The van der Waals surface area contributed by atoms with Crippen LogP contribution in [0.15, 0.2) is 0 Å². The fourth-order valence-corrected chi connectivity index (χ4v) is 4.17. The van der Waals surface area contributed by atoms with Gasteiger partial charge in [0.2, 0.25) is 10.0 Å². The third-order valence-electron chi connectivity index (χ3n) is 3.41. The summed E-state index contributed by atoms with van der Waals surface area (Å²) in [5.74, 6) is 0. The highest BCUT2D eigenvalue weighted by Gasteiger charge is 2.64. The summed E-state index contributed by atoms with van der Waals surface area (Å²) in [6, 6.07) is 0.318. The van der Waals surface area contributed by atoms with E-state index in [1.807, 2.05) is 0 Å². The van der Waals surface area contributed by atoms with Crippen LogP contribution in [-0.2, 0) is 14.8 Å². The van der Waals surface area contributed by atoms with Crippen LogP contribution in [0.3, 0.4) is 0 Å². The van der Waals surface area contributed by atoms with E-state index in [9.17, 15) is 8.42 Å². The molecule has 0 aromatic heterocycles. The molecule has 2 rings (SSSR count). The van der Waals surface area contributed by atoms with Crippen molar-refractivity contribution in [3.8, 4) is 0 Å². The summed E-state index contributed by atoms with van der Waals surface area (Å²) in [5.41, 5.74) is 0. The van der Waals surface area contributed by atoms with Crippen molar-refractivity contribution in [1.82, 2.24) is 4.31 Å². The van der Waals surface area contributed by atoms with Crippen molar-refractivity contribution < 1.29 is 13.2 Å². The summed E-state index contributed by atoms with van der Waals surface area (Å²) in [7, 11) is -1.49. The van der Waals surface area contributed by atoms with Gasteiger partial charge >= 0.3 is 0 Å². The number of sulfonamides is 1. The van der Waals surface area contributed by atoms with Crippen molar-refractivity contribution in [3.05, 3.63) is 0 Å². The molecule has 0 aromatic rings. The molecule has 2 aliphatic rings. The van der Waals surface area contributed by atoms with Gasteiger partial charge in [-0.15, -0.1) is 0 Å². The van der Waals surface area contributed by atoms with Crippen molar-refractivity contribution in [2.45, 2.75) is 56.5 Å². The van der Waals surface area contributed by atoms with Gasteiger partial charge in [0, 0.05) is 13.2 Å². The highest BCUT2D eigenvalue weighted by Crippen LogP contribution is 2.48.